The molecule has 0 aromatic heterocycles. The van der Waals surface area contributed by atoms with Crippen LogP contribution in [-0.2, 0) is 10.2 Å². The summed E-state index contributed by atoms with van der Waals surface area (Å²) in [6.45, 7) is -0.515. The standard InChI is InChI=1S/C8H16F3N3O2S/c9-8(10,11)6-14-17(15,16)13-5-3-7-2-1-4-12-7/h7,12-14H,1-6H2/t7-/m1/s1. The van der Waals surface area contributed by atoms with Gasteiger partial charge in [0, 0.05) is 12.6 Å². The Balaban J connectivity index is 2.20. The maximum Gasteiger partial charge on any atom is 0.402 e. The van der Waals surface area contributed by atoms with E-state index < -0.39 is 22.9 Å². The van der Waals surface area contributed by atoms with Gasteiger partial charge in [-0.2, -0.15) is 26.3 Å². The second kappa shape index (κ2) is 5.98. The van der Waals surface area contributed by atoms with E-state index in [1.807, 2.05) is 0 Å². The second-order valence-electron chi connectivity index (χ2n) is 3.92. The van der Waals surface area contributed by atoms with Gasteiger partial charge >= 0.3 is 6.18 Å². The molecule has 3 N–H and O–H groups in total. The average molecular weight is 275 g/mol. The summed E-state index contributed by atoms with van der Waals surface area (Å²) in [5.41, 5.74) is 0. The van der Waals surface area contributed by atoms with E-state index >= 15 is 0 Å². The van der Waals surface area contributed by atoms with Crippen LogP contribution >= 0.6 is 0 Å². The molecule has 1 atom stereocenters. The van der Waals surface area contributed by atoms with E-state index in [-0.39, 0.29) is 12.6 Å². The number of nitrogens with one attached hydrogen (secondary N) is 3. The molecule has 1 aliphatic rings. The molecule has 1 saturated heterocycles. The predicted molar refractivity (Wildman–Crippen MR) is 56.6 cm³/mol. The van der Waals surface area contributed by atoms with Crippen molar-refractivity contribution < 1.29 is 21.6 Å². The fraction of sp³-hybridized carbons (Fsp3) is 1.00. The molecule has 0 radical (unpaired) electrons. The van der Waals surface area contributed by atoms with E-state index in [1.54, 1.807) is 0 Å². The van der Waals surface area contributed by atoms with Crippen molar-refractivity contribution in [3.05, 3.63) is 0 Å². The molecule has 102 valence electrons. The van der Waals surface area contributed by atoms with Crippen LogP contribution in [0.5, 0.6) is 0 Å². The Morgan fingerprint density at radius 1 is 1.29 bits per heavy atom. The second-order valence-corrected chi connectivity index (χ2v) is 5.50. The van der Waals surface area contributed by atoms with Crippen molar-refractivity contribution in [3.63, 3.8) is 0 Å². The van der Waals surface area contributed by atoms with Gasteiger partial charge in [-0.1, -0.05) is 0 Å². The van der Waals surface area contributed by atoms with Crippen LogP contribution in [0.1, 0.15) is 19.3 Å². The molecule has 5 nitrogen and oxygen atoms in total. The first kappa shape index (κ1) is 14.7. The van der Waals surface area contributed by atoms with Crippen molar-refractivity contribution in [3.8, 4) is 0 Å². The van der Waals surface area contributed by atoms with Crippen LogP contribution in [0.25, 0.3) is 0 Å². The van der Waals surface area contributed by atoms with E-state index in [9.17, 15) is 21.6 Å². The minimum Gasteiger partial charge on any atom is -0.314 e. The summed E-state index contributed by atoms with van der Waals surface area (Å²) in [7, 11) is -4.05. The lowest BCUT2D eigenvalue weighted by molar-refractivity contribution is -0.121. The van der Waals surface area contributed by atoms with Crippen molar-refractivity contribution >= 4 is 10.2 Å². The molecule has 1 aliphatic heterocycles. The summed E-state index contributed by atoms with van der Waals surface area (Å²) in [4.78, 5) is 0. The molecule has 1 fully saturated rings. The van der Waals surface area contributed by atoms with Crippen LogP contribution < -0.4 is 14.8 Å². The van der Waals surface area contributed by atoms with E-state index in [4.69, 9.17) is 0 Å². The molecule has 1 heterocycles. The Morgan fingerprint density at radius 2 is 2.00 bits per heavy atom. The molecule has 0 unspecified atom stereocenters. The Labute approximate surface area is 98.3 Å². The minimum atomic E-state index is -4.54. The topological polar surface area (TPSA) is 70.2 Å². The van der Waals surface area contributed by atoms with Gasteiger partial charge in [0.05, 0.1) is 0 Å². The number of rotatable bonds is 6. The lowest BCUT2D eigenvalue weighted by atomic mass is 10.2. The highest BCUT2D eigenvalue weighted by Crippen LogP contribution is 2.12. The summed E-state index contributed by atoms with van der Waals surface area (Å²) in [6.07, 6.45) is -1.95. The van der Waals surface area contributed by atoms with Crippen LogP contribution in [-0.4, -0.2) is 40.3 Å². The van der Waals surface area contributed by atoms with Crippen molar-refractivity contribution in [2.24, 2.45) is 0 Å². The maximum absolute atomic E-state index is 11.8. The van der Waals surface area contributed by atoms with Gasteiger partial charge in [-0.25, -0.2) is 4.72 Å². The van der Waals surface area contributed by atoms with Crippen LogP contribution in [0.2, 0.25) is 0 Å². The Kier molecular flexibility index (Phi) is 5.17. The smallest absolute Gasteiger partial charge is 0.314 e. The van der Waals surface area contributed by atoms with E-state index in [2.05, 4.69) is 10.0 Å². The molecule has 1 rings (SSSR count). The van der Waals surface area contributed by atoms with Gasteiger partial charge in [0.25, 0.3) is 10.2 Å². The van der Waals surface area contributed by atoms with Crippen LogP contribution in [0.4, 0.5) is 13.2 Å². The Bertz CT molecular complexity index is 325. The normalized spacial score (nSPS) is 21.9. The summed E-state index contributed by atoms with van der Waals surface area (Å²) in [5, 5.41) is 3.16. The fourth-order valence-electron chi connectivity index (χ4n) is 1.60. The van der Waals surface area contributed by atoms with E-state index in [0.29, 0.717) is 6.42 Å². The van der Waals surface area contributed by atoms with Gasteiger partial charge in [-0.15, -0.1) is 0 Å². The largest absolute Gasteiger partial charge is 0.402 e. The molecule has 0 aliphatic carbocycles. The fourth-order valence-corrected chi connectivity index (χ4v) is 2.44. The van der Waals surface area contributed by atoms with Gasteiger partial charge in [-0.05, 0) is 25.8 Å². The lowest BCUT2D eigenvalue weighted by Crippen LogP contribution is -2.42. The number of halogens is 3. The summed E-state index contributed by atoms with van der Waals surface area (Å²) in [6, 6.07) is 0.250. The molecule has 9 heteroatoms. The first-order chi connectivity index (χ1) is 7.79. The highest BCUT2D eigenvalue weighted by atomic mass is 32.2. The van der Waals surface area contributed by atoms with Gasteiger partial charge in [0.15, 0.2) is 0 Å². The number of alkyl halides is 3. The first-order valence-corrected chi connectivity index (χ1v) is 6.81. The molecule has 0 aromatic rings. The zero-order chi connectivity index (χ0) is 12.9. The average Bonchev–Trinajstić information content (AvgIpc) is 2.67. The monoisotopic (exact) mass is 275 g/mol. The van der Waals surface area contributed by atoms with Crippen molar-refractivity contribution in [1.82, 2.24) is 14.8 Å². The quantitative estimate of drug-likeness (QED) is 0.644. The first-order valence-electron chi connectivity index (χ1n) is 5.33. The van der Waals surface area contributed by atoms with Crippen molar-refractivity contribution in [1.29, 1.82) is 0 Å². The molecule has 0 spiro atoms. The zero-order valence-corrected chi connectivity index (χ0v) is 10.00. The third-order valence-electron chi connectivity index (χ3n) is 2.41. The highest BCUT2D eigenvalue weighted by molar-refractivity contribution is 7.87. The maximum atomic E-state index is 11.8. The third kappa shape index (κ3) is 6.81. The molecule has 0 saturated carbocycles. The summed E-state index contributed by atoms with van der Waals surface area (Å²) in [5.74, 6) is 0. The lowest BCUT2D eigenvalue weighted by Gasteiger charge is -2.12. The third-order valence-corrected chi connectivity index (χ3v) is 3.52. The minimum absolute atomic E-state index is 0.130. The Morgan fingerprint density at radius 3 is 2.53 bits per heavy atom. The molecule has 0 bridgehead atoms. The zero-order valence-electron chi connectivity index (χ0n) is 9.18. The SMILES string of the molecule is O=S(=O)(NCC[C@H]1CCCN1)NCC(F)(F)F. The molecule has 17 heavy (non-hydrogen) atoms. The van der Waals surface area contributed by atoms with Gasteiger partial charge in [-0.3, -0.25) is 0 Å². The van der Waals surface area contributed by atoms with Gasteiger partial charge in [0.2, 0.25) is 0 Å². The van der Waals surface area contributed by atoms with Gasteiger partial charge in [0.1, 0.15) is 6.54 Å². The highest BCUT2D eigenvalue weighted by Gasteiger charge is 2.29. The molecular weight excluding hydrogens is 259 g/mol. The predicted octanol–water partition coefficient (Wildman–Crippen LogP) is 0.115. The molecule has 0 aromatic carbocycles. The van der Waals surface area contributed by atoms with Crippen molar-refractivity contribution in [2.45, 2.75) is 31.5 Å². The van der Waals surface area contributed by atoms with Crippen LogP contribution in [0.3, 0.4) is 0 Å². The van der Waals surface area contributed by atoms with Gasteiger partial charge < -0.3 is 5.32 Å². The number of hydrogen-bond donors (Lipinski definition) is 3. The Hall–Kier alpha value is -0.380. The van der Waals surface area contributed by atoms with Crippen molar-refractivity contribution in [2.75, 3.05) is 19.6 Å². The summed E-state index contributed by atoms with van der Waals surface area (Å²) < 4.78 is 61.1. The van der Waals surface area contributed by atoms with Crippen LogP contribution in [0, 0.1) is 0 Å². The van der Waals surface area contributed by atoms with E-state index in [0.717, 1.165) is 19.4 Å². The number of hydrogen-bond acceptors (Lipinski definition) is 3. The van der Waals surface area contributed by atoms with Crippen LogP contribution in [0.15, 0.2) is 0 Å². The molecule has 0 amide bonds. The molecular formula is C8H16F3N3O2S. The summed E-state index contributed by atoms with van der Waals surface area (Å²) >= 11 is 0. The van der Waals surface area contributed by atoms with E-state index in [1.165, 1.54) is 4.72 Å².